The van der Waals surface area contributed by atoms with Crippen LogP contribution in [-0.2, 0) is 16.1 Å². The van der Waals surface area contributed by atoms with Crippen LogP contribution >= 0.6 is 11.3 Å². The standard InChI is InChI=1S/C37H29FN2O7S/c1-3-46-36(44)31-32(24-9-5-4-6-10-24)39-37-40(33(31)25-13-15-27(38)16-14-25)34(41)30(48-37)20-22-12-17-28(29(19-22)45-2)47-21-23-8-7-11-26(18-23)35(42)43/h4-20,33H,3,21H2,1-2H3,(H,42,43)/b30-20-/t33-/m0/s1. The van der Waals surface area contributed by atoms with E-state index in [1.807, 2.05) is 30.3 Å². The molecule has 0 amide bonds. The molecular weight excluding hydrogens is 635 g/mol. The topological polar surface area (TPSA) is 116 Å². The highest BCUT2D eigenvalue weighted by Crippen LogP contribution is 2.35. The zero-order valence-electron chi connectivity index (χ0n) is 25.9. The van der Waals surface area contributed by atoms with Crippen LogP contribution in [-0.4, -0.2) is 35.3 Å². The molecule has 0 aliphatic carbocycles. The Morgan fingerprint density at radius 3 is 2.46 bits per heavy atom. The molecule has 1 N–H and O–H groups in total. The molecule has 0 saturated heterocycles. The number of aromatic carboxylic acids is 1. The molecule has 0 spiro atoms. The van der Waals surface area contributed by atoms with E-state index in [1.165, 1.54) is 29.9 Å². The summed E-state index contributed by atoms with van der Waals surface area (Å²) in [6.45, 7) is 1.93. The third-order valence-electron chi connectivity index (χ3n) is 7.61. The van der Waals surface area contributed by atoms with Gasteiger partial charge in [-0.3, -0.25) is 9.36 Å². The van der Waals surface area contributed by atoms with Crippen LogP contribution in [0.5, 0.6) is 11.5 Å². The van der Waals surface area contributed by atoms with E-state index in [2.05, 4.69) is 0 Å². The van der Waals surface area contributed by atoms with Gasteiger partial charge < -0.3 is 19.3 Å². The number of carbonyl (C=O) groups excluding carboxylic acids is 1. The molecule has 1 atom stereocenters. The molecule has 6 rings (SSSR count). The van der Waals surface area contributed by atoms with Crippen molar-refractivity contribution >= 4 is 35.0 Å². The molecule has 1 aromatic heterocycles. The summed E-state index contributed by atoms with van der Waals surface area (Å²) in [6, 6.07) is 25.6. The summed E-state index contributed by atoms with van der Waals surface area (Å²) in [5.41, 5.74) is 2.82. The average molecular weight is 665 g/mol. The molecule has 11 heteroatoms. The van der Waals surface area contributed by atoms with Crippen molar-refractivity contribution in [2.45, 2.75) is 19.6 Å². The molecule has 0 fully saturated rings. The fraction of sp³-hybridized carbons (Fsp3) is 0.135. The average Bonchev–Trinajstić information content (AvgIpc) is 3.41. The summed E-state index contributed by atoms with van der Waals surface area (Å²) in [6.07, 6.45) is 1.70. The van der Waals surface area contributed by atoms with Crippen molar-refractivity contribution < 1.29 is 33.3 Å². The Hall–Kier alpha value is -5.81. The summed E-state index contributed by atoms with van der Waals surface area (Å²) in [7, 11) is 1.50. The van der Waals surface area contributed by atoms with Gasteiger partial charge in [0.25, 0.3) is 5.56 Å². The molecule has 5 aromatic rings. The molecule has 0 radical (unpaired) electrons. The number of methoxy groups -OCH3 is 1. The normalized spacial score (nSPS) is 14.2. The summed E-state index contributed by atoms with van der Waals surface area (Å²) in [5, 5.41) is 9.28. The van der Waals surface area contributed by atoms with E-state index in [-0.39, 0.29) is 29.9 Å². The lowest BCUT2D eigenvalue weighted by molar-refractivity contribution is -0.138. The van der Waals surface area contributed by atoms with Gasteiger partial charge in [-0.2, -0.15) is 0 Å². The number of fused-ring (bicyclic) bond motifs is 1. The largest absolute Gasteiger partial charge is 0.493 e. The first kappa shape index (κ1) is 32.1. The third kappa shape index (κ3) is 6.53. The number of ether oxygens (including phenoxy) is 3. The molecular formula is C37H29FN2O7S. The van der Waals surface area contributed by atoms with Crippen LogP contribution in [0.25, 0.3) is 11.8 Å². The maximum absolute atomic E-state index is 14.1. The summed E-state index contributed by atoms with van der Waals surface area (Å²) < 4.78 is 32.8. The molecule has 4 aromatic carbocycles. The zero-order valence-corrected chi connectivity index (χ0v) is 26.7. The number of aromatic nitrogens is 1. The molecule has 9 nitrogen and oxygen atoms in total. The second-order valence-electron chi connectivity index (χ2n) is 10.7. The van der Waals surface area contributed by atoms with E-state index in [4.69, 9.17) is 19.2 Å². The fourth-order valence-electron chi connectivity index (χ4n) is 5.40. The van der Waals surface area contributed by atoms with Crippen LogP contribution < -0.4 is 24.4 Å². The van der Waals surface area contributed by atoms with Gasteiger partial charge in [-0.15, -0.1) is 0 Å². The van der Waals surface area contributed by atoms with Gasteiger partial charge in [-0.05, 0) is 66.1 Å². The van der Waals surface area contributed by atoms with Crippen LogP contribution in [0.3, 0.4) is 0 Å². The molecule has 1 aliphatic rings. The maximum atomic E-state index is 14.1. The van der Waals surface area contributed by atoms with Crippen LogP contribution in [0.4, 0.5) is 4.39 Å². The van der Waals surface area contributed by atoms with Crippen molar-refractivity contribution in [3.63, 3.8) is 0 Å². The Balaban J connectivity index is 1.44. The molecule has 48 heavy (non-hydrogen) atoms. The SMILES string of the molecule is CCOC(=O)C1=C(c2ccccc2)N=c2s/c(=C\c3ccc(OCc4cccc(C(=O)O)c4)c(OC)c3)c(=O)n2[C@H]1c1ccc(F)cc1. The number of benzene rings is 4. The van der Waals surface area contributed by atoms with Crippen molar-refractivity contribution in [3.8, 4) is 11.5 Å². The van der Waals surface area contributed by atoms with Gasteiger partial charge in [0.1, 0.15) is 12.4 Å². The monoisotopic (exact) mass is 664 g/mol. The van der Waals surface area contributed by atoms with Gasteiger partial charge in [-0.25, -0.2) is 19.0 Å². The van der Waals surface area contributed by atoms with Gasteiger partial charge >= 0.3 is 11.9 Å². The van der Waals surface area contributed by atoms with E-state index >= 15 is 0 Å². The maximum Gasteiger partial charge on any atom is 0.338 e. The number of hydrogen-bond donors (Lipinski definition) is 1. The van der Waals surface area contributed by atoms with E-state index in [1.54, 1.807) is 61.5 Å². The highest BCUT2D eigenvalue weighted by molar-refractivity contribution is 7.07. The van der Waals surface area contributed by atoms with E-state index in [0.29, 0.717) is 48.8 Å². The predicted octanol–water partition coefficient (Wildman–Crippen LogP) is 5.36. The Labute approximate surface area is 278 Å². The Morgan fingerprint density at radius 1 is 0.979 bits per heavy atom. The minimum Gasteiger partial charge on any atom is -0.493 e. The number of rotatable bonds is 10. The van der Waals surface area contributed by atoms with Crippen molar-refractivity contribution in [3.05, 3.63) is 156 Å². The number of halogens is 1. The smallest absolute Gasteiger partial charge is 0.338 e. The highest BCUT2D eigenvalue weighted by Gasteiger charge is 2.35. The highest BCUT2D eigenvalue weighted by atomic mass is 32.1. The fourth-order valence-corrected chi connectivity index (χ4v) is 6.40. The predicted molar refractivity (Wildman–Crippen MR) is 178 cm³/mol. The second kappa shape index (κ2) is 13.9. The van der Waals surface area contributed by atoms with Crippen LogP contribution in [0, 0.1) is 5.82 Å². The number of carbonyl (C=O) groups is 2. The van der Waals surface area contributed by atoms with Crippen LogP contribution in [0.2, 0.25) is 0 Å². The molecule has 0 saturated carbocycles. The van der Waals surface area contributed by atoms with Crippen molar-refractivity contribution in [2.75, 3.05) is 13.7 Å². The van der Waals surface area contributed by atoms with Gasteiger partial charge in [0, 0.05) is 5.56 Å². The lowest BCUT2D eigenvalue weighted by Crippen LogP contribution is -2.40. The van der Waals surface area contributed by atoms with Crippen molar-refractivity contribution in [1.29, 1.82) is 0 Å². The number of thiazole rings is 1. The lowest BCUT2D eigenvalue weighted by atomic mass is 9.93. The molecule has 1 aliphatic heterocycles. The lowest BCUT2D eigenvalue weighted by Gasteiger charge is -2.25. The van der Waals surface area contributed by atoms with E-state index < -0.39 is 23.8 Å². The Bertz CT molecular complexity index is 2220. The number of nitrogens with zero attached hydrogens (tertiary/aromatic N) is 2. The van der Waals surface area contributed by atoms with E-state index in [0.717, 1.165) is 11.3 Å². The molecule has 242 valence electrons. The number of hydrogen-bond acceptors (Lipinski definition) is 8. The minimum absolute atomic E-state index is 0.112. The van der Waals surface area contributed by atoms with Crippen LogP contribution in [0.15, 0.2) is 112 Å². The summed E-state index contributed by atoms with van der Waals surface area (Å²) in [5.74, 6) is -1.27. The molecule has 0 bridgehead atoms. The number of esters is 1. The van der Waals surface area contributed by atoms with Gasteiger partial charge in [-0.1, -0.05) is 72.0 Å². The first-order valence-corrected chi connectivity index (χ1v) is 15.8. The van der Waals surface area contributed by atoms with Gasteiger partial charge in [0.15, 0.2) is 16.3 Å². The Kier molecular flexibility index (Phi) is 9.31. The number of carboxylic acid groups (broad SMARTS) is 1. The zero-order chi connectivity index (χ0) is 33.8. The summed E-state index contributed by atoms with van der Waals surface area (Å²) in [4.78, 5) is 44.2. The van der Waals surface area contributed by atoms with Crippen molar-refractivity contribution in [1.82, 2.24) is 4.57 Å². The van der Waals surface area contributed by atoms with Gasteiger partial charge in [0.2, 0.25) is 0 Å². The Morgan fingerprint density at radius 2 is 1.75 bits per heavy atom. The number of carboxylic acids is 1. The second-order valence-corrected chi connectivity index (χ2v) is 11.7. The molecule has 2 heterocycles. The quantitative estimate of drug-likeness (QED) is 0.200. The van der Waals surface area contributed by atoms with Crippen molar-refractivity contribution in [2.24, 2.45) is 4.99 Å². The first-order valence-electron chi connectivity index (χ1n) is 14.9. The molecule has 0 unspecified atom stereocenters. The van der Waals surface area contributed by atoms with E-state index in [9.17, 15) is 23.9 Å². The summed E-state index contributed by atoms with van der Waals surface area (Å²) >= 11 is 1.16. The van der Waals surface area contributed by atoms with Crippen LogP contribution in [0.1, 0.15) is 45.6 Å². The third-order valence-corrected chi connectivity index (χ3v) is 8.60. The first-order chi connectivity index (χ1) is 23.3. The minimum atomic E-state index is -1.03. The van der Waals surface area contributed by atoms with Gasteiger partial charge in [0.05, 0.1) is 41.1 Å².